The number of benzene rings is 1. The molecule has 2 saturated heterocycles. The lowest BCUT2D eigenvalue weighted by atomic mass is 9.91. The van der Waals surface area contributed by atoms with Crippen LogP contribution in [0.15, 0.2) is 24.3 Å². The summed E-state index contributed by atoms with van der Waals surface area (Å²) in [5.41, 5.74) is 2.98. The molecule has 5 atom stereocenters. The first kappa shape index (κ1) is 20.3. The molecular weight excluding hydrogens is 346 g/mol. The monoisotopic (exact) mass is 385 g/mol. The van der Waals surface area contributed by atoms with Crippen LogP contribution in [0.25, 0.3) is 0 Å². The Kier molecular flexibility index (Phi) is 7.05. The maximum Gasteiger partial charge on any atom is 0.0623 e. The maximum absolute atomic E-state index is 5.73. The van der Waals surface area contributed by atoms with Gasteiger partial charge in [-0.25, -0.2) is 0 Å². The summed E-state index contributed by atoms with van der Waals surface area (Å²) < 4.78 is 5.73. The summed E-state index contributed by atoms with van der Waals surface area (Å²) in [5, 5.41) is 7.62. The lowest BCUT2D eigenvalue weighted by molar-refractivity contribution is 0.0524. The molecule has 0 spiro atoms. The number of ether oxygens (including phenoxy) is 1. The van der Waals surface area contributed by atoms with Crippen molar-refractivity contribution in [2.45, 2.75) is 64.7 Å². The largest absolute Gasteiger partial charge is 0.379 e. The van der Waals surface area contributed by atoms with E-state index in [0.29, 0.717) is 18.0 Å². The van der Waals surface area contributed by atoms with E-state index >= 15 is 0 Å². The van der Waals surface area contributed by atoms with Crippen molar-refractivity contribution in [2.75, 3.05) is 32.8 Å². The Labute approximate surface area is 171 Å². The third-order valence-corrected chi connectivity index (χ3v) is 7.05. The Morgan fingerprint density at radius 1 is 1.11 bits per heavy atom. The number of nitrogens with one attached hydrogen (secondary N) is 2. The van der Waals surface area contributed by atoms with Crippen molar-refractivity contribution in [3.05, 3.63) is 35.4 Å². The molecule has 28 heavy (non-hydrogen) atoms. The molecule has 3 aliphatic rings. The lowest BCUT2D eigenvalue weighted by Gasteiger charge is -2.35. The minimum Gasteiger partial charge on any atom is -0.379 e. The minimum absolute atomic E-state index is 0.528. The van der Waals surface area contributed by atoms with E-state index in [1.165, 1.54) is 49.9 Å². The second-order valence-electron chi connectivity index (χ2n) is 9.63. The van der Waals surface area contributed by atoms with Gasteiger partial charge in [0.2, 0.25) is 0 Å². The topological polar surface area (TPSA) is 36.5 Å². The molecule has 0 bridgehead atoms. The van der Waals surface area contributed by atoms with Crippen LogP contribution in [0.5, 0.6) is 0 Å². The van der Waals surface area contributed by atoms with Crippen LogP contribution in [-0.2, 0) is 17.8 Å². The molecule has 1 saturated carbocycles. The van der Waals surface area contributed by atoms with Gasteiger partial charge in [0.05, 0.1) is 13.2 Å². The molecule has 2 N–H and O–H groups in total. The number of hydrogen-bond acceptors (Lipinski definition) is 4. The summed E-state index contributed by atoms with van der Waals surface area (Å²) in [6.45, 7) is 12.1. The van der Waals surface area contributed by atoms with Gasteiger partial charge in [0.1, 0.15) is 0 Å². The number of nitrogens with zero attached hydrogens (tertiary/aromatic N) is 1. The summed E-state index contributed by atoms with van der Waals surface area (Å²) in [6, 6.07) is 10.2. The summed E-state index contributed by atoms with van der Waals surface area (Å²) >= 11 is 0. The zero-order valence-corrected chi connectivity index (χ0v) is 17.8. The first-order chi connectivity index (χ1) is 13.7. The van der Waals surface area contributed by atoms with Crippen LogP contribution in [0, 0.1) is 17.8 Å². The number of piperidine rings is 1. The highest BCUT2D eigenvalue weighted by Crippen LogP contribution is 2.30. The van der Waals surface area contributed by atoms with Crippen molar-refractivity contribution in [1.82, 2.24) is 15.5 Å². The zero-order chi connectivity index (χ0) is 19.3. The van der Waals surface area contributed by atoms with Crippen molar-refractivity contribution in [2.24, 2.45) is 17.8 Å². The van der Waals surface area contributed by atoms with E-state index in [9.17, 15) is 0 Å². The predicted octanol–water partition coefficient (Wildman–Crippen LogP) is 3.41. The maximum atomic E-state index is 5.73. The fourth-order valence-electron chi connectivity index (χ4n) is 5.87. The second-order valence-corrected chi connectivity index (χ2v) is 9.63. The molecule has 4 nitrogen and oxygen atoms in total. The smallest absolute Gasteiger partial charge is 0.0623 e. The van der Waals surface area contributed by atoms with Crippen molar-refractivity contribution in [3.8, 4) is 0 Å². The van der Waals surface area contributed by atoms with Gasteiger partial charge < -0.3 is 15.4 Å². The van der Waals surface area contributed by atoms with Gasteiger partial charge in [0.25, 0.3) is 0 Å². The Hall–Kier alpha value is -0.940. The molecule has 156 valence electrons. The number of morpholine rings is 1. The fourth-order valence-corrected chi connectivity index (χ4v) is 5.87. The normalized spacial score (nSPS) is 34.6. The third-order valence-electron chi connectivity index (χ3n) is 7.05. The van der Waals surface area contributed by atoms with E-state index in [0.717, 1.165) is 44.7 Å². The molecule has 4 heteroatoms. The van der Waals surface area contributed by atoms with E-state index in [-0.39, 0.29) is 0 Å². The molecule has 3 fully saturated rings. The van der Waals surface area contributed by atoms with Gasteiger partial charge in [-0.05, 0) is 48.1 Å². The Morgan fingerprint density at radius 3 is 2.64 bits per heavy atom. The van der Waals surface area contributed by atoms with Gasteiger partial charge in [-0.15, -0.1) is 0 Å². The van der Waals surface area contributed by atoms with Gasteiger partial charge in [-0.1, -0.05) is 44.5 Å². The Morgan fingerprint density at radius 2 is 1.89 bits per heavy atom. The summed E-state index contributed by atoms with van der Waals surface area (Å²) in [5.74, 6) is 2.34. The third kappa shape index (κ3) is 5.15. The molecule has 4 rings (SSSR count). The Balaban J connectivity index is 1.36. The van der Waals surface area contributed by atoms with E-state index in [1.54, 1.807) is 0 Å². The van der Waals surface area contributed by atoms with Gasteiger partial charge in [0.15, 0.2) is 0 Å². The van der Waals surface area contributed by atoms with E-state index in [2.05, 4.69) is 53.6 Å². The highest BCUT2D eigenvalue weighted by molar-refractivity contribution is 5.27. The van der Waals surface area contributed by atoms with Crippen molar-refractivity contribution >= 4 is 0 Å². The first-order valence-corrected chi connectivity index (χ1v) is 11.5. The highest BCUT2D eigenvalue weighted by Gasteiger charge is 2.34. The molecule has 0 radical (unpaired) electrons. The average molecular weight is 386 g/mol. The summed E-state index contributed by atoms with van der Waals surface area (Å²) in [7, 11) is 0. The van der Waals surface area contributed by atoms with E-state index in [4.69, 9.17) is 4.74 Å². The predicted molar refractivity (Wildman–Crippen MR) is 115 cm³/mol. The second kappa shape index (κ2) is 9.71. The molecular formula is C24H39N3O. The van der Waals surface area contributed by atoms with E-state index < -0.39 is 0 Å². The van der Waals surface area contributed by atoms with Gasteiger partial charge >= 0.3 is 0 Å². The van der Waals surface area contributed by atoms with Crippen LogP contribution in [-0.4, -0.2) is 49.8 Å². The van der Waals surface area contributed by atoms with Crippen LogP contribution in [0.1, 0.15) is 50.7 Å². The van der Waals surface area contributed by atoms with Crippen LogP contribution >= 0.6 is 0 Å². The molecule has 0 aromatic heterocycles. The molecule has 1 aromatic carbocycles. The molecule has 5 unspecified atom stereocenters. The van der Waals surface area contributed by atoms with Gasteiger partial charge in [-0.3, -0.25) is 4.90 Å². The Bertz CT molecular complexity index is 606. The molecule has 2 aliphatic heterocycles. The number of likely N-dealkylation sites (tertiary alicyclic amines) is 1. The quantitative estimate of drug-likeness (QED) is 0.787. The highest BCUT2D eigenvalue weighted by atomic mass is 16.5. The minimum atomic E-state index is 0.528. The zero-order valence-electron chi connectivity index (χ0n) is 17.8. The average Bonchev–Trinajstić information content (AvgIpc) is 3.16. The van der Waals surface area contributed by atoms with Gasteiger partial charge in [-0.2, -0.15) is 0 Å². The van der Waals surface area contributed by atoms with Crippen LogP contribution in [0.3, 0.4) is 0 Å². The molecule has 2 heterocycles. The van der Waals surface area contributed by atoms with Crippen molar-refractivity contribution < 1.29 is 4.74 Å². The SMILES string of the molecule is CC1CC(C)CN(Cc2ccccc2CNC2CCCC2C2COCCN2)C1. The lowest BCUT2D eigenvalue weighted by Crippen LogP contribution is -2.50. The van der Waals surface area contributed by atoms with Crippen LogP contribution in [0.2, 0.25) is 0 Å². The molecule has 1 aliphatic carbocycles. The van der Waals surface area contributed by atoms with Crippen LogP contribution < -0.4 is 10.6 Å². The summed E-state index contributed by atoms with van der Waals surface area (Å²) in [4.78, 5) is 2.67. The standard InChI is InChI=1S/C24H39N3O/c1-18-12-19(2)15-27(14-18)16-21-7-4-3-6-20(21)13-26-23-9-5-8-22(23)24-17-28-11-10-25-24/h3-4,6-7,18-19,22-26H,5,8-17H2,1-2H3. The molecule has 1 aromatic rings. The first-order valence-electron chi connectivity index (χ1n) is 11.5. The fraction of sp³-hybridized carbons (Fsp3) is 0.750. The number of rotatable bonds is 6. The van der Waals surface area contributed by atoms with Gasteiger partial charge in [0, 0.05) is 44.8 Å². The van der Waals surface area contributed by atoms with E-state index in [1.807, 2.05) is 0 Å². The van der Waals surface area contributed by atoms with Crippen molar-refractivity contribution in [1.29, 1.82) is 0 Å². The van der Waals surface area contributed by atoms with Crippen molar-refractivity contribution in [3.63, 3.8) is 0 Å². The number of hydrogen-bond donors (Lipinski definition) is 2. The van der Waals surface area contributed by atoms with Crippen LogP contribution in [0.4, 0.5) is 0 Å². The molecule has 0 amide bonds. The summed E-state index contributed by atoms with van der Waals surface area (Å²) in [6.07, 6.45) is 5.34.